The van der Waals surface area contributed by atoms with Gasteiger partial charge in [-0.05, 0) is 25.1 Å². The predicted molar refractivity (Wildman–Crippen MR) is 89.0 cm³/mol. The van der Waals surface area contributed by atoms with E-state index in [-0.39, 0.29) is 5.89 Å². The molecule has 1 aromatic carbocycles. The van der Waals surface area contributed by atoms with Gasteiger partial charge in [-0.25, -0.2) is 15.0 Å². The Balaban J connectivity index is 1.56. The third kappa shape index (κ3) is 2.85. The van der Waals surface area contributed by atoms with Crippen LogP contribution in [0.3, 0.4) is 0 Å². The standard InChI is InChI=1S/C16H13F2N7O/c1-8-21-11-4-3-10(5-12(11)25(8)2)22-16-19-6-9(7-20-16)14-23-24-15(26-14)13(17)18/h3-7,13H,1-2H3,(H,19,20,22). The van der Waals surface area contributed by atoms with E-state index in [1.54, 1.807) is 0 Å². The molecule has 0 amide bonds. The summed E-state index contributed by atoms with van der Waals surface area (Å²) in [5, 5.41) is 9.92. The highest BCUT2D eigenvalue weighted by Crippen LogP contribution is 2.24. The quantitative estimate of drug-likeness (QED) is 0.598. The van der Waals surface area contributed by atoms with E-state index in [4.69, 9.17) is 4.42 Å². The maximum Gasteiger partial charge on any atom is 0.314 e. The normalized spacial score (nSPS) is 11.4. The molecule has 0 saturated carbocycles. The second-order valence-corrected chi connectivity index (χ2v) is 5.59. The molecule has 3 heterocycles. The third-order valence-electron chi connectivity index (χ3n) is 3.89. The lowest BCUT2D eigenvalue weighted by molar-refractivity contribution is 0.116. The molecule has 0 aliphatic carbocycles. The number of rotatable bonds is 4. The first-order valence-electron chi connectivity index (χ1n) is 7.65. The molecule has 0 atom stereocenters. The summed E-state index contributed by atoms with van der Waals surface area (Å²) in [6.07, 6.45) is 0.0269. The van der Waals surface area contributed by atoms with Gasteiger partial charge in [-0.15, -0.1) is 10.2 Å². The molecule has 1 N–H and O–H groups in total. The fraction of sp³-hybridized carbons (Fsp3) is 0.188. The number of nitrogens with zero attached hydrogens (tertiary/aromatic N) is 6. The van der Waals surface area contributed by atoms with Crippen molar-refractivity contribution in [3.8, 4) is 11.5 Å². The number of aryl methyl sites for hydroxylation is 2. The summed E-state index contributed by atoms with van der Waals surface area (Å²) in [7, 11) is 1.94. The predicted octanol–water partition coefficient (Wildman–Crippen LogP) is 3.40. The zero-order chi connectivity index (χ0) is 18.3. The van der Waals surface area contributed by atoms with Crippen molar-refractivity contribution in [3.63, 3.8) is 0 Å². The van der Waals surface area contributed by atoms with Crippen molar-refractivity contribution in [3.05, 3.63) is 42.3 Å². The van der Waals surface area contributed by atoms with Crippen LogP contribution in [0.5, 0.6) is 0 Å². The number of hydrogen-bond acceptors (Lipinski definition) is 7. The molecule has 4 aromatic rings. The summed E-state index contributed by atoms with van der Waals surface area (Å²) in [4.78, 5) is 12.8. The topological polar surface area (TPSA) is 94.6 Å². The largest absolute Gasteiger partial charge is 0.415 e. The lowest BCUT2D eigenvalue weighted by atomic mass is 10.2. The molecule has 8 nitrogen and oxygen atoms in total. The van der Waals surface area contributed by atoms with Crippen LogP contribution in [-0.2, 0) is 7.05 Å². The maximum absolute atomic E-state index is 12.5. The number of imidazole rings is 1. The fourth-order valence-corrected chi connectivity index (χ4v) is 2.46. The Kier molecular flexibility index (Phi) is 3.79. The van der Waals surface area contributed by atoms with Crippen LogP contribution in [0.4, 0.5) is 20.4 Å². The van der Waals surface area contributed by atoms with E-state index >= 15 is 0 Å². The van der Waals surface area contributed by atoms with Gasteiger partial charge in [0.15, 0.2) is 0 Å². The van der Waals surface area contributed by atoms with Crippen LogP contribution in [-0.4, -0.2) is 29.7 Å². The van der Waals surface area contributed by atoms with E-state index in [9.17, 15) is 8.78 Å². The monoisotopic (exact) mass is 357 g/mol. The van der Waals surface area contributed by atoms with Gasteiger partial charge < -0.3 is 14.3 Å². The van der Waals surface area contributed by atoms with Crippen molar-refractivity contribution in [1.82, 2.24) is 29.7 Å². The molecule has 0 bridgehead atoms. The van der Waals surface area contributed by atoms with E-state index in [2.05, 4.69) is 30.5 Å². The molecular weight excluding hydrogens is 344 g/mol. The summed E-state index contributed by atoms with van der Waals surface area (Å²) in [5.41, 5.74) is 3.03. The molecular formula is C16H13F2N7O. The summed E-state index contributed by atoms with van der Waals surface area (Å²) in [6.45, 7) is 1.94. The highest BCUT2D eigenvalue weighted by molar-refractivity contribution is 5.81. The van der Waals surface area contributed by atoms with E-state index in [0.717, 1.165) is 22.5 Å². The molecule has 4 rings (SSSR count). The first-order chi connectivity index (χ1) is 12.5. The molecule has 0 aliphatic heterocycles. The van der Waals surface area contributed by atoms with E-state index in [1.807, 2.05) is 36.7 Å². The van der Waals surface area contributed by atoms with Crippen LogP contribution in [0, 0.1) is 6.92 Å². The van der Waals surface area contributed by atoms with Gasteiger partial charge in [-0.3, -0.25) is 0 Å². The molecule has 10 heteroatoms. The SMILES string of the molecule is Cc1nc2ccc(Nc3ncc(-c4nnc(C(F)F)o4)cn3)cc2n1C. The number of alkyl halides is 2. The molecule has 26 heavy (non-hydrogen) atoms. The molecule has 0 saturated heterocycles. The van der Waals surface area contributed by atoms with Gasteiger partial charge in [0.05, 0.1) is 16.6 Å². The minimum absolute atomic E-state index is 0.0568. The Morgan fingerprint density at radius 3 is 2.62 bits per heavy atom. The lowest BCUT2D eigenvalue weighted by Crippen LogP contribution is -1.97. The highest BCUT2D eigenvalue weighted by atomic mass is 19.3. The highest BCUT2D eigenvalue weighted by Gasteiger charge is 2.17. The van der Waals surface area contributed by atoms with Gasteiger partial charge >= 0.3 is 6.43 Å². The van der Waals surface area contributed by atoms with Crippen molar-refractivity contribution in [2.24, 2.45) is 7.05 Å². The summed E-state index contributed by atoms with van der Waals surface area (Å²) < 4.78 is 31.9. The van der Waals surface area contributed by atoms with Crippen LogP contribution in [0.2, 0.25) is 0 Å². The van der Waals surface area contributed by atoms with Crippen molar-refractivity contribution in [2.75, 3.05) is 5.32 Å². The smallest absolute Gasteiger partial charge is 0.314 e. The van der Waals surface area contributed by atoms with Gasteiger partial charge in [0.25, 0.3) is 11.8 Å². The number of fused-ring (bicyclic) bond motifs is 1. The van der Waals surface area contributed by atoms with Gasteiger partial charge in [0, 0.05) is 25.1 Å². The second kappa shape index (κ2) is 6.14. The van der Waals surface area contributed by atoms with Gasteiger partial charge in [-0.1, -0.05) is 0 Å². The fourth-order valence-electron chi connectivity index (χ4n) is 2.46. The van der Waals surface area contributed by atoms with E-state index < -0.39 is 12.3 Å². The molecule has 0 spiro atoms. The average Bonchev–Trinajstić information content (AvgIpc) is 3.22. The van der Waals surface area contributed by atoms with Crippen LogP contribution < -0.4 is 5.32 Å². The van der Waals surface area contributed by atoms with Gasteiger partial charge in [0.1, 0.15) is 5.82 Å². The summed E-state index contributed by atoms with van der Waals surface area (Å²) in [6, 6.07) is 5.72. The number of benzene rings is 1. The van der Waals surface area contributed by atoms with Crippen molar-refractivity contribution in [2.45, 2.75) is 13.3 Å². The van der Waals surface area contributed by atoms with Crippen molar-refractivity contribution in [1.29, 1.82) is 0 Å². The average molecular weight is 357 g/mol. The molecule has 0 radical (unpaired) electrons. The number of nitrogens with one attached hydrogen (secondary N) is 1. The van der Waals surface area contributed by atoms with E-state index in [0.29, 0.717) is 11.5 Å². The Hall–Kier alpha value is -3.43. The maximum atomic E-state index is 12.5. The Morgan fingerprint density at radius 1 is 1.15 bits per heavy atom. The molecule has 0 unspecified atom stereocenters. The zero-order valence-corrected chi connectivity index (χ0v) is 13.8. The second-order valence-electron chi connectivity index (χ2n) is 5.59. The molecule has 3 aromatic heterocycles. The molecule has 132 valence electrons. The Morgan fingerprint density at radius 2 is 1.92 bits per heavy atom. The third-order valence-corrected chi connectivity index (χ3v) is 3.89. The Bertz CT molecular complexity index is 1070. The van der Waals surface area contributed by atoms with Crippen LogP contribution in [0.1, 0.15) is 18.1 Å². The first-order valence-corrected chi connectivity index (χ1v) is 7.65. The number of anilines is 2. The minimum atomic E-state index is -2.82. The zero-order valence-electron chi connectivity index (χ0n) is 13.8. The van der Waals surface area contributed by atoms with Crippen molar-refractivity contribution >= 4 is 22.7 Å². The summed E-state index contributed by atoms with van der Waals surface area (Å²) >= 11 is 0. The number of aromatic nitrogens is 6. The van der Waals surface area contributed by atoms with Gasteiger partial charge in [-0.2, -0.15) is 8.78 Å². The van der Waals surface area contributed by atoms with Crippen LogP contribution in [0.25, 0.3) is 22.5 Å². The van der Waals surface area contributed by atoms with Crippen LogP contribution >= 0.6 is 0 Å². The lowest BCUT2D eigenvalue weighted by Gasteiger charge is -2.05. The number of halogens is 2. The number of hydrogen-bond donors (Lipinski definition) is 1. The first kappa shape index (κ1) is 16.1. The minimum Gasteiger partial charge on any atom is -0.415 e. The van der Waals surface area contributed by atoms with E-state index in [1.165, 1.54) is 12.4 Å². The summed E-state index contributed by atoms with van der Waals surface area (Å²) in [5.74, 6) is 0.474. The van der Waals surface area contributed by atoms with Gasteiger partial charge in [0.2, 0.25) is 5.95 Å². The van der Waals surface area contributed by atoms with Crippen molar-refractivity contribution < 1.29 is 13.2 Å². The van der Waals surface area contributed by atoms with Crippen LogP contribution in [0.15, 0.2) is 35.0 Å². The molecule has 0 fully saturated rings. The molecule has 0 aliphatic rings. The Labute approximate surface area is 145 Å².